The van der Waals surface area contributed by atoms with Crippen molar-refractivity contribution in [2.75, 3.05) is 7.05 Å². The number of hydrogen-bond acceptors (Lipinski definition) is 6. The van der Waals surface area contributed by atoms with Gasteiger partial charge in [-0.3, -0.25) is 4.98 Å². The number of rotatable bonds is 4. The summed E-state index contributed by atoms with van der Waals surface area (Å²) in [5.41, 5.74) is 1.60. The van der Waals surface area contributed by atoms with Crippen LogP contribution >= 0.6 is 0 Å². The molecule has 0 aliphatic heterocycles. The van der Waals surface area contributed by atoms with E-state index in [2.05, 4.69) is 25.8 Å². The zero-order valence-electron chi connectivity index (χ0n) is 10.3. The van der Waals surface area contributed by atoms with Gasteiger partial charge in [-0.2, -0.15) is 4.52 Å². The lowest BCUT2D eigenvalue weighted by Gasteiger charge is -2.10. The first-order valence-corrected chi connectivity index (χ1v) is 5.81. The van der Waals surface area contributed by atoms with E-state index in [0.29, 0.717) is 11.5 Å². The summed E-state index contributed by atoms with van der Waals surface area (Å²) < 4.78 is 7.35. The summed E-state index contributed by atoms with van der Waals surface area (Å²) in [6.07, 6.45) is 3.16. The van der Waals surface area contributed by atoms with Crippen LogP contribution in [0.2, 0.25) is 0 Å². The third-order valence-electron chi connectivity index (χ3n) is 2.63. The molecule has 2 heterocycles. The van der Waals surface area contributed by atoms with Crippen LogP contribution < -0.4 is 10.1 Å². The zero-order valence-corrected chi connectivity index (χ0v) is 10.3. The average molecular weight is 256 g/mol. The number of benzene rings is 1. The summed E-state index contributed by atoms with van der Waals surface area (Å²) in [5.74, 6) is 1.23. The highest BCUT2D eigenvalue weighted by atomic mass is 16.5. The van der Waals surface area contributed by atoms with Crippen molar-refractivity contribution in [1.29, 1.82) is 0 Å². The lowest BCUT2D eigenvalue weighted by molar-refractivity contribution is 0.435. The van der Waals surface area contributed by atoms with Gasteiger partial charge in [0.15, 0.2) is 0 Å². The fourth-order valence-electron chi connectivity index (χ4n) is 1.78. The van der Waals surface area contributed by atoms with Gasteiger partial charge in [-0.25, -0.2) is 0 Å². The molecule has 7 heteroatoms. The van der Waals surface area contributed by atoms with E-state index in [9.17, 15) is 0 Å². The number of tetrazole rings is 1. The van der Waals surface area contributed by atoms with Crippen LogP contribution in [-0.4, -0.2) is 32.1 Å². The Morgan fingerprint density at radius 2 is 2.16 bits per heavy atom. The van der Waals surface area contributed by atoms with Crippen molar-refractivity contribution >= 4 is 5.65 Å². The smallest absolute Gasteiger partial charge is 0.242 e. The van der Waals surface area contributed by atoms with Crippen LogP contribution in [0.15, 0.2) is 36.7 Å². The van der Waals surface area contributed by atoms with Crippen molar-refractivity contribution in [2.24, 2.45) is 0 Å². The Morgan fingerprint density at radius 1 is 1.26 bits per heavy atom. The lowest BCUT2D eigenvalue weighted by Crippen LogP contribution is -2.07. The largest absolute Gasteiger partial charge is 0.437 e. The summed E-state index contributed by atoms with van der Waals surface area (Å²) in [4.78, 5) is 4.05. The van der Waals surface area contributed by atoms with Crippen LogP contribution in [-0.2, 0) is 6.54 Å². The van der Waals surface area contributed by atoms with E-state index in [1.54, 1.807) is 12.4 Å². The Kier molecular flexibility index (Phi) is 3.03. The Morgan fingerprint density at radius 3 is 3.05 bits per heavy atom. The van der Waals surface area contributed by atoms with Gasteiger partial charge in [-0.15, -0.1) is 5.10 Å². The summed E-state index contributed by atoms with van der Waals surface area (Å²) in [5, 5.41) is 14.4. The molecular weight excluding hydrogens is 244 g/mol. The Bertz CT molecular complexity index is 695. The number of nitrogens with zero attached hydrogens (tertiary/aromatic N) is 5. The maximum atomic E-state index is 5.85. The molecule has 3 aromatic rings. The first-order chi connectivity index (χ1) is 9.38. The minimum atomic E-state index is 0.478. The van der Waals surface area contributed by atoms with Gasteiger partial charge in [-0.05, 0) is 23.5 Å². The fourth-order valence-corrected chi connectivity index (χ4v) is 1.78. The second kappa shape index (κ2) is 4.99. The molecule has 0 spiro atoms. The normalized spacial score (nSPS) is 10.8. The Labute approximate surface area is 109 Å². The van der Waals surface area contributed by atoms with Crippen LogP contribution in [0.5, 0.6) is 11.6 Å². The van der Waals surface area contributed by atoms with E-state index in [0.717, 1.165) is 17.9 Å². The standard InChI is InChI=1S/C12H12N6O/c1-13-6-9-4-2-3-5-10(9)19-12-8-14-7-11-15-16-17-18(11)12/h2-5,7-8,13H,6H2,1H3. The second-order valence-electron chi connectivity index (χ2n) is 3.93. The summed E-state index contributed by atoms with van der Waals surface area (Å²) in [7, 11) is 1.89. The summed E-state index contributed by atoms with van der Waals surface area (Å²) >= 11 is 0. The van der Waals surface area contributed by atoms with Crippen LogP contribution in [0.1, 0.15) is 5.56 Å². The molecule has 19 heavy (non-hydrogen) atoms. The molecule has 96 valence electrons. The maximum absolute atomic E-state index is 5.85. The third kappa shape index (κ3) is 2.23. The van der Waals surface area contributed by atoms with Gasteiger partial charge < -0.3 is 10.1 Å². The Balaban J connectivity index is 1.99. The molecule has 1 aromatic carbocycles. The first-order valence-electron chi connectivity index (χ1n) is 5.81. The minimum Gasteiger partial charge on any atom is -0.437 e. The lowest BCUT2D eigenvalue weighted by atomic mass is 10.2. The molecule has 0 amide bonds. The fraction of sp³-hybridized carbons (Fsp3) is 0.167. The second-order valence-corrected chi connectivity index (χ2v) is 3.93. The highest BCUT2D eigenvalue weighted by Crippen LogP contribution is 2.24. The molecule has 0 aliphatic carbocycles. The number of aromatic nitrogens is 5. The summed E-state index contributed by atoms with van der Waals surface area (Å²) in [6, 6.07) is 7.78. The van der Waals surface area contributed by atoms with Crippen LogP contribution in [0.3, 0.4) is 0 Å². The molecule has 0 radical (unpaired) electrons. The zero-order chi connectivity index (χ0) is 13.1. The molecule has 0 saturated carbocycles. The maximum Gasteiger partial charge on any atom is 0.242 e. The van der Waals surface area contributed by atoms with Gasteiger partial charge in [0.1, 0.15) is 5.75 Å². The molecule has 0 fully saturated rings. The SMILES string of the molecule is CNCc1ccccc1Oc1cncc2nnnn12. The van der Waals surface area contributed by atoms with Gasteiger partial charge in [0.05, 0.1) is 12.4 Å². The van der Waals surface area contributed by atoms with Crippen molar-refractivity contribution in [2.45, 2.75) is 6.54 Å². The first kappa shape index (κ1) is 11.5. The quantitative estimate of drug-likeness (QED) is 0.751. The van der Waals surface area contributed by atoms with Crippen molar-refractivity contribution in [3.8, 4) is 11.6 Å². The molecule has 0 atom stereocenters. The summed E-state index contributed by atoms with van der Waals surface area (Å²) in [6.45, 7) is 0.717. The predicted molar refractivity (Wildman–Crippen MR) is 67.9 cm³/mol. The van der Waals surface area contributed by atoms with E-state index in [4.69, 9.17) is 4.74 Å². The van der Waals surface area contributed by atoms with Crippen LogP contribution in [0.4, 0.5) is 0 Å². The molecule has 2 aromatic heterocycles. The molecule has 0 unspecified atom stereocenters. The highest BCUT2D eigenvalue weighted by Gasteiger charge is 2.08. The van der Waals surface area contributed by atoms with E-state index in [-0.39, 0.29) is 0 Å². The molecule has 0 bridgehead atoms. The van der Waals surface area contributed by atoms with Crippen LogP contribution in [0.25, 0.3) is 5.65 Å². The molecule has 7 nitrogen and oxygen atoms in total. The van der Waals surface area contributed by atoms with Crippen LogP contribution in [0, 0.1) is 0 Å². The van der Waals surface area contributed by atoms with Gasteiger partial charge in [0.2, 0.25) is 11.5 Å². The van der Waals surface area contributed by atoms with Gasteiger partial charge in [0, 0.05) is 12.1 Å². The van der Waals surface area contributed by atoms with Crippen molar-refractivity contribution in [3.63, 3.8) is 0 Å². The number of para-hydroxylation sites is 1. The van der Waals surface area contributed by atoms with E-state index < -0.39 is 0 Å². The third-order valence-corrected chi connectivity index (χ3v) is 2.63. The Hall–Kier alpha value is -2.54. The molecule has 0 aliphatic rings. The predicted octanol–water partition coefficient (Wildman–Crippen LogP) is 1.03. The molecule has 1 N–H and O–H groups in total. The van der Waals surface area contributed by atoms with Crippen molar-refractivity contribution in [1.82, 2.24) is 30.3 Å². The number of fused-ring (bicyclic) bond motifs is 1. The molecular formula is C12H12N6O. The molecule has 0 saturated heterocycles. The van der Waals surface area contributed by atoms with Gasteiger partial charge >= 0.3 is 0 Å². The molecule has 3 rings (SSSR count). The van der Waals surface area contributed by atoms with Crippen molar-refractivity contribution in [3.05, 3.63) is 42.2 Å². The van der Waals surface area contributed by atoms with E-state index in [1.165, 1.54) is 4.52 Å². The number of hydrogen-bond donors (Lipinski definition) is 1. The highest BCUT2D eigenvalue weighted by molar-refractivity contribution is 5.39. The van der Waals surface area contributed by atoms with Gasteiger partial charge in [-0.1, -0.05) is 18.2 Å². The topological polar surface area (TPSA) is 77.2 Å². The van der Waals surface area contributed by atoms with E-state index in [1.807, 2.05) is 31.3 Å². The van der Waals surface area contributed by atoms with E-state index >= 15 is 0 Å². The van der Waals surface area contributed by atoms with Crippen molar-refractivity contribution < 1.29 is 4.74 Å². The number of nitrogens with one attached hydrogen (secondary N) is 1. The number of ether oxygens (including phenoxy) is 1. The monoisotopic (exact) mass is 256 g/mol. The minimum absolute atomic E-state index is 0.478. The van der Waals surface area contributed by atoms with Gasteiger partial charge in [0.25, 0.3) is 0 Å². The average Bonchev–Trinajstić information content (AvgIpc) is 2.91.